The highest BCUT2D eigenvalue weighted by molar-refractivity contribution is 6.40. The van der Waals surface area contributed by atoms with Crippen LogP contribution in [-0.2, 0) is 9.59 Å². The number of carbonyl (C=O) groups excluding carboxylic acids is 2. The van der Waals surface area contributed by atoms with Gasteiger partial charge in [0, 0.05) is 10.7 Å². The number of nitrogens with one attached hydrogen (secondary N) is 2. The molecular weight excluding hydrogens is 358 g/mol. The molecule has 7 nitrogen and oxygen atoms in total. The number of hydrogen-bond acceptors (Lipinski definition) is 5. The molecule has 0 aliphatic rings. The lowest BCUT2D eigenvalue weighted by molar-refractivity contribution is -0.136. The molecule has 8 heteroatoms. The van der Waals surface area contributed by atoms with Crippen LogP contribution in [0.4, 0.5) is 5.69 Å². The van der Waals surface area contributed by atoms with Crippen molar-refractivity contribution in [2.45, 2.75) is 13.8 Å². The Bertz CT molecular complexity index is 852. The smallest absolute Gasteiger partial charge is 0.329 e. The zero-order valence-electron chi connectivity index (χ0n) is 14.2. The third kappa shape index (κ3) is 4.97. The molecule has 0 atom stereocenters. The lowest BCUT2D eigenvalue weighted by Crippen LogP contribution is -2.32. The Kier molecular flexibility index (Phi) is 6.57. The van der Waals surface area contributed by atoms with Crippen molar-refractivity contribution in [1.82, 2.24) is 5.43 Å². The number of carbonyl (C=O) groups is 2. The minimum Gasteiger partial charge on any atom is -0.504 e. The zero-order valence-corrected chi connectivity index (χ0v) is 15.0. The van der Waals surface area contributed by atoms with E-state index in [2.05, 4.69) is 15.8 Å². The molecule has 0 spiro atoms. The van der Waals surface area contributed by atoms with Gasteiger partial charge in [0.1, 0.15) is 0 Å². The standard InChI is InChI=1S/C18H18ClN3O4/c1-3-26-16-9-12(7-8-15(16)23)10-20-22-18(25)17(24)21-14-6-4-5-13(19)11(14)2/h4-10,23H,3H2,1-2H3,(H,21,24)(H,22,25)/b20-10+. The summed E-state index contributed by atoms with van der Waals surface area (Å²) in [4.78, 5) is 23.7. The van der Waals surface area contributed by atoms with E-state index in [1.54, 1.807) is 44.2 Å². The predicted molar refractivity (Wildman–Crippen MR) is 99.8 cm³/mol. The molecule has 26 heavy (non-hydrogen) atoms. The van der Waals surface area contributed by atoms with Crippen LogP contribution in [0.15, 0.2) is 41.5 Å². The molecule has 0 unspecified atom stereocenters. The van der Waals surface area contributed by atoms with Crippen LogP contribution in [0.1, 0.15) is 18.1 Å². The summed E-state index contributed by atoms with van der Waals surface area (Å²) >= 11 is 5.97. The van der Waals surface area contributed by atoms with Gasteiger partial charge in [0.05, 0.1) is 12.8 Å². The van der Waals surface area contributed by atoms with E-state index in [1.165, 1.54) is 12.3 Å². The van der Waals surface area contributed by atoms with Crippen LogP contribution in [0, 0.1) is 6.92 Å². The minimum absolute atomic E-state index is 0.00399. The van der Waals surface area contributed by atoms with Crippen molar-refractivity contribution in [2.24, 2.45) is 5.10 Å². The number of benzene rings is 2. The molecular formula is C18H18ClN3O4. The van der Waals surface area contributed by atoms with Crippen LogP contribution < -0.4 is 15.5 Å². The first-order valence-corrected chi connectivity index (χ1v) is 8.15. The molecule has 2 aromatic carbocycles. The number of phenolic OH excluding ortho intramolecular Hbond substituents is 1. The second-order valence-electron chi connectivity index (χ2n) is 5.23. The van der Waals surface area contributed by atoms with Gasteiger partial charge in [0.25, 0.3) is 0 Å². The van der Waals surface area contributed by atoms with Crippen molar-refractivity contribution >= 4 is 35.3 Å². The van der Waals surface area contributed by atoms with E-state index in [1.807, 2.05) is 0 Å². The summed E-state index contributed by atoms with van der Waals surface area (Å²) in [5, 5.41) is 16.3. The van der Waals surface area contributed by atoms with E-state index < -0.39 is 11.8 Å². The molecule has 0 saturated heterocycles. The fourth-order valence-corrected chi connectivity index (χ4v) is 2.19. The number of ether oxygens (including phenoxy) is 1. The number of amides is 2. The second-order valence-corrected chi connectivity index (χ2v) is 5.63. The molecule has 2 amide bonds. The number of nitrogens with zero attached hydrogens (tertiary/aromatic N) is 1. The van der Waals surface area contributed by atoms with Crippen molar-refractivity contribution in [2.75, 3.05) is 11.9 Å². The van der Waals surface area contributed by atoms with Gasteiger partial charge >= 0.3 is 11.8 Å². The van der Waals surface area contributed by atoms with Crippen LogP contribution in [-0.4, -0.2) is 29.7 Å². The molecule has 3 N–H and O–H groups in total. The molecule has 0 radical (unpaired) electrons. The van der Waals surface area contributed by atoms with Crippen LogP contribution in [0.2, 0.25) is 5.02 Å². The number of anilines is 1. The van der Waals surface area contributed by atoms with Crippen LogP contribution in [0.5, 0.6) is 11.5 Å². The van der Waals surface area contributed by atoms with Crippen molar-refractivity contribution in [3.8, 4) is 11.5 Å². The molecule has 0 aliphatic heterocycles. The molecule has 0 saturated carbocycles. The van der Waals surface area contributed by atoms with E-state index >= 15 is 0 Å². The normalized spacial score (nSPS) is 10.6. The molecule has 136 valence electrons. The summed E-state index contributed by atoms with van der Waals surface area (Å²) in [7, 11) is 0. The number of phenols is 1. The molecule has 0 fully saturated rings. The average Bonchev–Trinajstić information content (AvgIpc) is 2.61. The van der Waals surface area contributed by atoms with Gasteiger partial charge in [-0.3, -0.25) is 9.59 Å². The number of halogens is 1. The van der Waals surface area contributed by atoms with Crippen molar-refractivity contribution in [3.05, 3.63) is 52.5 Å². The topological polar surface area (TPSA) is 100 Å². The van der Waals surface area contributed by atoms with E-state index in [9.17, 15) is 14.7 Å². The zero-order chi connectivity index (χ0) is 19.1. The Morgan fingerprint density at radius 2 is 2.04 bits per heavy atom. The van der Waals surface area contributed by atoms with Crippen molar-refractivity contribution in [1.29, 1.82) is 0 Å². The summed E-state index contributed by atoms with van der Waals surface area (Å²) in [5.41, 5.74) is 3.82. The second kappa shape index (κ2) is 8.87. The van der Waals surface area contributed by atoms with Crippen molar-refractivity contribution < 1.29 is 19.4 Å². The van der Waals surface area contributed by atoms with Crippen LogP contribution in [0.3, 0.4) is 0 Å². The van der Waals surface area contributed by atoms with E-state index in [0.717, 1.165) is 0 Å². The molecule has 0 aliphatic carbocycles. The van der Waals surface area contributed by atoms with Gasteiger partial charge in [-0.25, -0.2) is 5.43 Å². The first-order valence-electron chi connectivity index (χ1n) is 7.77. The fourth-order valence-electron chi connectivity index (χ4n) is 2.02. The van der Waals surface area contributed by atoms with Crippen LogP contribution in [0.25, 0.3) is 0 Å². The van der Waals surface area contributed by atoms with Crippen LogP contribution >= 0.6 is 11.6 Å². The fraction of sp³-hybridized carbons (Fsp3) is 0.167. The highest BCUT2D eigenvalue weighted by Crippen LogP contribution is 2.26. The van der Waals surface area contributed by atoms with E-state index in [4.69, 9.17) is 16.3 Å². The summed E-state index contributed by atoms with van der Waals surface area (Å²) in [6, 6.07) is 9.59. The predicted octanol–water partition coefficient (Wildman–Crippen LogP) is 2.84. The quantitative estimate of drug-likeness (QED) is 0.425. The van der Waals surface area contributed by atoms with Gasteiger partial charge in [-0.05, 0) is 55.3 Å². The maximum absolute atomic E-state index is 11.9. The Morgan fingerprint density at radius 1 is 1.27 bits per heavy atom. The highest BCUT2D eigenvalue weighted by Gasteiger charge is 2.14. The first kappa shape index (κ1) is 19.3. The maximum Gasteiger partial charge on any atom is 0.329 e. The molecule has 2 aromatic rings. The van der Waals surface area contributed by atoms with E-state index in [-0.39, 0.29) is 5.75 Å². The number of hydrogen-bond donors (Lipinski definition) is 3. The summed E-state index contributed by atoms with van der Waals surface area (Å²) < 4.78 is 5.26. The molecule has 2 rings (SSSR count). The van der Waals surface area contributed by atoms with Gasteiger partial charge in [-0.15, -0.1) is 0 Å². The maximum atomic E-state index is 11.9. The first-order chi connectivity index (χ1) is 12.4. The summed E-state index contributed by atoms with van der Waals surface area (Å²) in [6.07, 6.45) is 1.33. The summed E-state index contributed by atoms with van der Waals surface area (Å²) in [6.45, 7) is 3.92. The number of hydrazone groups is 1. The highest BCUT2D eigenvalue weighted by atomic mass is 35.5. The molecule has 0 aromatic heterocycles. The Labute approximate surface area is 155 Å². The number of aromatic hydroxyl groups is 1. The van der Waals surface area contributed by atoms with Gasteiger partial charge in [0.2, 0.25) is 0 Å². The Hall–Kier alpha value is -3.06. The third-order valence-corrected chi connectivity index (χ3v) is 3.80. The third-order valence-electron chi connectivity index (χ3n) is 3.39. The van der Waals surface area contributed by atoms with E-state index in [0.29, 0.717) is 34.2 Å². The Morgan fingerprint density at radius 3 is 2.77 bits per heavy atom. The van der Waals surface area contributed by atoms with Crippen molar-refractivity contribution in [3.63, 3.8) is 0 Å². The summed E-state index contributed by atoms with van der Waals surface area (Å²) in [5.74, 6) is -1.49. The van der Waals surface area contributed by atoms with Gasteiger partial charge in [-0.2, -0.15) is 5.10 Å². The SMILES string of the molecule is CCOc1cc(/C=N/NC(=O)C(=O)Nc2cccc(Cl)c2C)ccc1O. The lowest BCUT2D eigenvalue weighted by Gasteiger charge is -2.08. The Balaban J connectivity index is 1.97. The minimum atomic E-state index is -0.926. The number of rotatable bonds is 5. The largest absolute Gasteiger partial charge is 0.504 e. The average molecular weight is 376 g/mol. The monoisotopic (exact) mass is 375 g/mol. The van der Waals surface area contributed by atoms with Gasteiger partial charge in [-0.1, -0.05) is 17.7 Å². The molecule has 0 heterocycles. The lowest BCUT2D eigenvalue weighted by atomic mass is 10.2. The van der Waals surface area contributed by atoms with Gasteiger partial charge in [0.15, 0.2) is 11.5 Å². The molecule has 0 bridgehead atoms. The van der Waals surface area contributed by atoms with Gasteiger partial charge < -0.3 is 15.2 Å².